The first-order valence-electron chi connectivity index (χ1n) is 3.82. The third-order valence-electron chi connectivity index (χ3n) is 1.45. The number of hydrogen-bond acceptors (Lipinski definition) is 1. The van der Waals surface area contributed by atoms with E-state index < -0.39 is 0 Å². The van der Waals surface area contributed by atoms with Crippen molar-refractivity contribution in [3.63, 3.8) is 0 Å². The average molecular weight is 128 g/mol. The van der Waals surface area contributed by atoms with Crippen LogP contribution in [-0.4, -0.2) is 6.54 Å². The highest BCUT2D eigenvalue weighted by molar-refractivity contribution is 4.59. The number of hydrogen-bond donors (Lipinski definition) is 1. The standard InChI is InChI=1S/C8H18N/c1-4-6-8(3)7-9-5-2/h5,8-9H,4,6-7H2,1-3H3. The molecule has 1 unspecified atom stereocenters. The Labute approximate surface area is 58.8 Å². The fourth-order valence-corrected chi connectivity index (χ4v) is 0.914. The SMILES string of the molecule is C[CH]NCC(C)CCC. The van der Waals surface area contributed by atoms with Gasteiger partial charge in [-0.15, -0.1) is 0 Å². The lowest BCUT2D eigenvalue weighted by atomic mass is 10.1. The molecule has 0 aromatic rings. The smallest absolute Gasteiger partial charge is 0.0190 e. The second-order valence-corrected chi connectivity index (χ2v) is 2.59. The summed E-state index contributed by atoms with van der Waals surface area (Å²) in [5, 5.41) is 3.21. The lowest BCUT2D eigenvalue weighted by Crippen LogP contribution is -2.16. The normalized spacial score (nSPS) is 13.7. The molecule has 0 saturated carbocycles. The number of rotatable bonds is 5. The van der Waals surface area contributed by atoms with Gasteiger partial charge in [-0.2, -0.15) is 0 Å². The van der Waals surface area contributed by atoms with Crippen molar-refractivity contribution in [3.8, 4) is 0 Å². The van der Waals surface area contributed by atoms with E-state index in [9.17, 15) is 0 Å². The van der Waals surface area contributed by atoms with Crippen LogP contribution >= 0.6 is 0 Å². The Morgan fingerprint density at radius 2 is 2.22 bits per heavy atom. The van der Waals surface area contributed by atoms with Gasteiger partial charge in [0.15, 0.2) is 0 Å². The molecule has 0 aliphatic heterocycles. The van der Waals surface area contributed by atoms with Crippen LogP contribution in [0.3, 0.4) is 0 Å². The van der Waals surface area contributed by atoms with Gasteiger partial charge in [0.25, 0.3) is 0 Å². The van der Waals surface area contributed by atoms with Crippen LogP contribution in [0.25, 0.3) is 0 Å². The van der Waals surface area contributed by atoms with E-state index in [0.717, 1.165) is 12.5 Å². The van der Waals surface area contributed by atoms with Gasteiger partial charge >= 0.3 is 0 Å². The molecule has 0 aliphatic rings. The Balaban J connectivity index is 2.95. The predicted molar refractivity (Wildman–Crippen MR) is 42.0 cm³/mol. The minimum atomic E-state index is 0.825. The molecule has 0 aromatic carbocycles. The highest BCUT2D eigenvalue weighted by atomic mass is 14.8. The summed E-state index contributed by atoms with van der Waals surface area (Å²) in [6, 6.07) is 0. The number of nitrogens with one attached hydrogen (secondary N) is 1. The van der Waals surface area contributed by atoms with Crippen molar-refractivity contribution in [2.24, 2.45) is 5.92 Å². The first kappa shape index (κ1) is 8.96. The molecule has 0 amide bonds. The van der Waals surface area contributed by atoms with E-state index in [1.165, 1.54) is 12.8 Å². The van der Waals surface area contributed by atoms with Crippen LogP contribution in [0.2, 0.25) is 0 Å². The molecule has 0 bridgehead atoms. The zero-order valence-electron chi connectivity index (χ0n) is 6.78. The monoisotopic (exact) mass is 128 g/mol. The molecule has 1 nitrogen and oxygen atoms in total. The van der Waals surface area contributed by atoms with Crippen molar-refractivity contribution < 1.29 is 0 Å². The lowest BCUT2D eigenvalue weighted by Gasteiger charge is -2.08. The summed E-state index contributed by atoms with van der Waals surface area (Å²) in [7, 11) is 0. The summed E-state index contributed by atoms with van der Waals surface area (Å²) in [6.07, 6.45) is 2.63. The van der Waals surface area contributed by atoms with Gasteiger partial charge in [-0.05, 0) is 25.8 Å². The second-order valence-electron chi connectivity index (χ2n) is 2.59. The quantitative estimate of drug-likeness (QED) is 0.598. The Morgan fingerprint density at radius 1 is 1.56 bits per heavy atom. The largest absolute Gasteiger partial charge is 0.312 e. The van der Waals surface area contributed by atoms with Gasteiger partial charge in [-0.3, -0.25) is 0 Å². The van der Waals surface area contributed by atoms with E-state index in [1.54, 1.807) is 0 Å². The summed E-state index contributed by atoms with van der Waals surface area (Å²) < 4.78 is 0. The minimum Gasteiger partial charge on any atom is -0.312 e. The van der Waals surface area contributed by atoms with Gasteiger partial charge in [0.2, 0.25) is 0 Å². The van der Waals surface area contributed by atoms with Gasteiger partial charge in [0.1, 0.15) is 0 Å². The van der Waals surface area contributed by atoms with Crippen LogP contribution in [0.5, 0.6) is 0 Å². The molecular formula is C8H18N. The van der Waals surface area contributed by atoms with E-state index in [4.69, 9.17) is 0 Å². The molecule has 1 radical (unpaired) electrons. The van der Waals surface area contributed by atoms with E-state index >= 15 is 0 Å². The van der Waals surface area contributed by atoms with Crippen LogP contribution in [0.4, 0.5) is 0 Å². The topological polar surface area (TPSA) is 12.0 Å². The first-order chi connectivity index (χ1) is 4.31. The first-order valence-corrected chi connectivity index (χ1v) is 3.82. The predicted octanol–water partition coefficient (Wildman–Crippen LogP) is 2.19. The van der Waals surface area contributed by atoms with Crippen molar-refractivity contribution in [1.29, 1.82) is 0 Å². The molecule has 0 aliphatic carbocycles. The summed E-state index contributed by atoms with van der Waals surface area (Å²) in [5.41, 5.74) is 0. The zero-order chi connectivity index (χ0) is 7.11. The van der Waals surface area contributed by atoms with Crippen LogP contribution in [0.15, 0.2) is 0 Å². The molecule has 0 heterocycles. The van der Waals surface area contributed by atoms with Crippen LogP contribution in [0, 0.1) is 12.5 Å². The molecular weight excluding hydrogens is 110 g/mol. The van der Waals surface area contributed by atoms with Gasteiger partial charge in [-0.1, -0.05) is 20.3 Å². The summed E-state index contributed by atoms with van der Waals surface area (Å²) in [6.45, 7) is 9.67. The summed E-state index contributed by atoms with van der Waals surface area (Å²) in [5.74, 6) is 0.825. The van der Waals surface area contributed by atoms with E-state index in [0.29, 0.717) is 0 Å². The Morgan fingerprint density at radius 3 is 2.67 bits per heavy atom. The zero-order valence-corrected chi connectivity index (χ0v) is 6.78. The van der Waals surface area contributed by atoms with Crippen LogP contribution < -0.4 is 5.32 Å². The average Bonchev–Trinajstić information content (AvgIpc) is 1.85. The van der Waals surface area contributed by atoms with Gasteiger partial charge in [0.05, 0.1) is 0 Å². The van der Waals surface area contributed by atoms with Gasteiger partial charge in [0, 0.05) is 6.54 Å². The van der Waals surface area contributed by atoms with Crippen molar-refractivity contribution >= 4 is 0 Å². The molecule has 1 atom stereocenters. The highest BCUT2D eigenvalue weighted by Crippen LogP contribution is 2.02. The van der Waals surface area contributed by atoms with E-state index in [2.05, 4.69) is 19.2 Å². The van der Waals surface area contributed by atoms with Crippen molar-refractivity contribution in [3.05, 3.63) is 6.54 Å². The third-order valence-corrected chi connectivity index (χ3v) is 1.45. The Bertz CT molecular complexity index is 52.5. The molecule has 0 fully saturated rings. The molecule has 55 valence electrons. The highest BCUT2D eigenvalue weighted by Gasteiger charge is 1.96. The maximum atomic E-state index is 3.21. The van der Waals surface area contributed by atoms with Crippen LogP contribution in [0.1, 0.15) is 33.6 Å². The lowest BCUT2D eigenvalue weighted by molar-refractivity contribution is 0.498. The van der Waals surface area contributed by atoms with Gasteiger partial charge in [-0.25, -0.2) is 0 Å². The van der Waals surface area contributed by atoms with Crippen molar-refractivity contribution in [1.82, 2.24) is 5.32 Å². The Kier molecular flexibility index (Phi) is 6.06. The molecule has 0 spiro atoms. The maximum Gasteiger partial charge on any atom is 0.0190 e. The van der Waals surface area contributed by atoms with Crippen LogP contribution in [-0.2, 0) is 0 Å². The molecule has 9 heavy (non-hydrogen) atoms. The van der Waals surface area contributed by atoms with E-state index in [1.807, 2.05) is 13.5 Å². The third kappa shape index (κ3) is 5.84. The Hall–Kier alpha value is -0.0400. The molecule has 1 heteroatoms. The minimum absolute atomic E-state index is 0.825. The summed E-state index contributed by atoms with van der Waals surface area (Å²) in [4.78, 5) is 0. The fraction of sp³-hybridized carbons (Fsp3) is 0.875. The molecule has 1 N–H and O–H groups in total. The fourth-order valence-electron chi connectivity index (χ4n) is 0.914. The molecule has 0 rings (SSSR count). The van der Waals surface area contributed by atoms with Gasteiger partial charge < -0.3 is 5.32 Å². The summed E-state index contributed by atoms with van der Waals surface area (Å²) >= 11 is 0. The van der Waals surface area contributed by atoms with E-state index in [-0.39, 0.29) is 0 Å². The molecule has 0 aromatic heterocycles. The van der Waals surface area contributed by atoms with Crippen molar-refractivity contribution in [2.75, 3.05) is 6.54 Å². The maximum absolute atomic E-state index is 3.21. The second kappa shape index (κ2) is 6.09. The van der Waals surface area contributed by atoms with Crippen molar-refractivity contribution in [2.45, 2.75) is 33.6 Å². The molecule has 0 saturated heterocycles.